The van der Waals surface area contributed by atoms with Crippen LogP contribution in [0, 0.1) is 11.8 Å². The minimum atomic E-state index is 0.833. The summed E-state index contributed by atoms with van der Waals surface area (Å²) in [6.45, 7) is 13.0. The molecule has 0 bridgehead atoms. The van der Waals surface area contributed by atoms with Gasteiger partial charge in [-0.15, -0.1) is 0 Å². The first-order chi connectivity index (χ1) is 13.4. The van der Waals surface area contributed by atoms with Gasteiger partial charge >= 0.3 is 0 Å². The molecule has 0 aliphatic heterocycles. The minimum Gasteiger partial charge on any atom is -0.244 e. The van der Waals surface area contributed by atoms with Gasteiger partial charge in [0.25, 0.3) is 0 Å². The zero-order valence-electron chi connectivity index (χ0n) is 17.9. The average molecular weight is 377 g/mol. The molecule has 4 rings (SSSR count). The van der Waals surface area contributed by atoms with Gasteiger partial charge in [-0.2, -0.15) is 10.2 Å². The monoisotopic (exact) mass is 376 g/mol. The molecule has 0 aliphatic carbocycles. The van der Waals surface area contributed by atoms with Crippen LogP contribution in [-0.4, -0.2) is 20.2 Å². The molecule has 2 aromatic heterocycles. The molecule has 148 valence electrons. The van der Waals surface area contributed by atoms with Crippen molar-refractivity contribution in [1.82, 2.24) is 20.2 Å². The van der Waals surface area contributed by atoms with E-state index < -0.39 is 0 Å². The van der Waals surface area contributed by atoms with E-state index in [-0.39, 0.29) is 0 Å². The molecule has 0 radical (unpaired) electrons. The van der Waals surface area contributed by atoms with Crippen molar-refractivity contribution in [2.45, 2.75) is 41.5 Å². The number of hydrogen-bond donors (Lipinski definition) is 0. The van der Waals surface area contributed by atoms with Crippen LogP contribution in [0.25, 0.3) is 21.7 Å². The van der Waals surface area contributed by atoms with Gasteiger partial charge in [0, 0.05) is 22.4 Å². The summed E-state index contributed by atoms with van der Waals surface area (Å²) in [5.41, 5.74) is 0.998. The van der Waals surface area contributed by atoms with E-state index in [9.17, 15) is 0 Å². The molecule has 0 fully saturated rings. The van der Waals surface area contributed by atoms with Gasteiger partial charge in [0.1, 0.15) is 6.33 Å². The second-order valence-corrected chi connectivity index (χ2v) is 7.66. The van der Waals surface area contributed by atoms with Crippen molar-refractivity contribution < 1.29 is 0 Å². The largest absolute Gasteiger partial charge is 0.244 e. The quantitative estimate of drug-likeness (QED) is 0.347. The minimum absolute atomic E-state index is 0.833. The number of hydrogen-bond acceptors (Lipinski definition) is 4. The molecule has 2 aromatic carbocycles. The van der Waals surface area contributed by atoms with Gasteiger partial charge in [-0.25, -0.2) is 9.97 Å². The fourth-order valence-corrected chi connectivity index (χ4v) is 1.86. The van der Waals surface area contributed by atoms with Gasteiger partial charge in [-0.05, 0) is 17.9 Å². The standard InChI is InChI=1S/2C8H6N2.2C4H10/c1-2-4-8-7(3-1)5-9-6-10-8;1-2-4-8-6-10-9-5-7(8)3-1;2*1-4(2)3/h2*1-6H;2*4H,1-3H3. The summed E-state index contributed by atoms with van der Waals surface area (Å²) in [5.74, 6) is 1.67. The maximum Gasteiger partial charge on any atom is 0.116 e. The summed E-state index contributed by atoms with van der Waals surface area (Å²) in [6, 6.07) is 15.9. The molecule has 4 heteroatoms. The van der Waals surface area contributed by atoms with Crippen LogP contribution in [0.4, 0.5) is 0 Å². The van der Waals surface area contributed by atoms with E-state index in [2.05, 4.69) is 61.7 Å². The lowest BCUT2D eigenvalue weighted by molar-refractivity contribution is 0.736. The Balaban J connectivity index is 0.000000206. The molecule has 28 heavy (non-hydrogen) atoms. The zero-order valence-corrected chi connectivity index (χ0v) is 17.9. The van der Waals surface area contributed by atoms with E-state index in [4.69, 9.17) is 0 Å². The second-order valence-electron chi connectivity index (χ2n) is 7.66. The van der Waals surface area contributed by atoms with Crippen molar-refractivity contribution in [1.29, 1.82) is 0 Å². The predicted molar refractivity (Wildman–Crippen MR) is 120 cm³/mol. The second kappa shape index (κ2) is 13.3. The first kappa shape index (κ1) is 23.2. The van der Waals surface area contributed by atoms with E-state index in [1.807, 2.05) is 54.7 Å². The Hall–Kier alpha value is -2.88. The molecule has 0 N–H and O–H groups in total. The third-order valence-electron chi connectivity index (χ3n) is 2.87. The molecule has 0 unspecified atom stereocenters. The summed E-state index contributed by atoms with van der Waals surface area (Å²) >= 11 is 0. The van der Waals surface area contributed by atoms with E-state index in [1.54, 1.807) is 18.7 Å². The maximum atomic E-state index is 4.07. The summed E-state index contributed by atoms with van der Waals surface area (Å²) in [4.78, 5) is 7.97. The van der Waals surface area contributed by atoms with Gasteiger partial charge in [-0.1, -0.05) is 84.0 Å². The van der Waals surface area contributed by atoms with Crippen LogP contribution in [-0.2, 0) is 0 Å². The smallest absolute Gasteiger partial charge is 0.116 e. The van der Waals surface area contributed by atoms with Gasteiger partial charge in [-0.3, -0.25) is 0 Å². The fraction of sp³-hybridized carbons (Fsp3) is 0.333. The van der Waals surface area contributed by atoms with Crippen molar-refractivity contribution in [2.75, 3.05) is 0 Å². The zero-order chi connectivity index (χ0) is 20.8. The van der Waals surface area contributed by atoms with Crippen LogP contribution in [0.3, 0.4) is 0 Å². The third kappa shape index (κ3) is 10.3. The van der Waals surface area contributed by atoms with E-state index in [0.717, 1.165) is 33.5 Å². The molecular formula is C24H32N4. The number of benzene rings is 2. The highest BCUT2D eigenvalue weighted by molar-refractivity contribution is 5.80. The van der Waals surface area contributed by atoms with Crippen LogP contribution >= 0.6 is 0 Å². The molecule has 4 nitrogen and oxygen atoms in total. The summed E-state index contributed by atoms with van der Waals surface area (Å²) in [6.07, 6.45) is 6.88. The summed E-state index contributed by atoms with van der Waals surface area (Å²) < 4.78 is 0. The van der Waals surface area contributed by atoms with Crippen molar-refractivity contribution >= 4 is 21.7 Å². The van der Waals surface area contributed by atoms with Crippen molar-refractivity contribution in [2.24, 2.45) is 11.8 Å². The lowest BCUT2D eigenvalue weighted by Gasteiger charge is -1.90. The number of fused-ring (bicyclic) bond motifs is 2. The Labute approximate surface area is 169 Å². The summed E-state index contributed by atoms with van der Waals surface area (Å²) in [7, 11) is 0. The third-order valence-corrected chi connectivity index (χ3v) is 2.87. The van der Waals surface area contributed by atoms with Gasteiger partial charge in [0.15, 0.2) is 0 Å². The van der Waals surface area contributed by atoms with Crippen LogP contribution < -0.4 is 0 Å². The average Bonchev–Trinajstić information content (AvgIpc) is 2.68. The van der Waals surface area contributed by atoms with E-state index >= 15 is 0 Å². The van der Waals surface area contributed by atoms with E-state index in [1.165, 1.54) is 0 Å². The van der Waals surface area contributed by atoms with Crippen LogP contribution in [0.1, 0.15) is 41.5 Å². The molecule has 0 aliphatic rings. The highest BCUT2D eigenvalue weighted by atomic mass is 15.1. The molecule has 0 atom stereocenters. The van der Waals surface area contributed by atoms with Crippen LogP contribution in [0.15, 0.2) is 73.4 Å². The Kier molecular flexibility index (Phi) is 11.0. The first-order valence-corrected chi connectivity index (χ1v) is 9.70. The van der Waals surface area contributed by atoms with Gasteiger partial charge < -0.3 is 0 Å². The van der Waals surface area contributed by atoms with Crippen LogP contribution in [0.5, 0.6) is 0 Å². The topological polar surface area (TPSA) is 51.6 Å². The normalized spacial score (nSPS) is 9.71. The Morgan fingerprint density at radius 3 is 1.46 bits per heavy atom. The van der Waals surface area contributed by atoms with E-state index in [0.29, 0.717) is 0 Å². The lowest BCUT2D eigenvalue weighted by atomic mass is 10.2. The molecule has 0 spiro atoms. The molecule has 0 saturated heterocycles. The molecule has 4 aromatic rings. The Bertz CT molecular complexity index is 706. The fourth-order valence-electron chi connectivity index (χ4n) is 1.86. The van der Waals surface area contributed by atoms with Gasteiger partial charge in [0.2, 0.25) is 0 Å². The number of rotatable bonds is 0. The Morgan fingerprint density at radius 1 is 0.571 bits per heavy atom. The van der Waals surface area contributed by atoms with Crippen molar-refractivity contribution in [3.05, 3.63) is 73.4 Å². The van der Waals surface area contributed by atoms with Crippen LogP contribution in [0.2, 0.25) is 0 Å². The van der Waals surface area contributed by atoms with Crippen molar-refractivity contribution in [3.63, 3.8) is 0 Å². The first-order valence-electron chi connectivity index (χ1n) is 9.70. The molecule has 0 amide bonds. The van der Waals surface area contributed by atoms with Gasteiger partial charge in [0.05, 0.1) is 17.9 Å². The Morgan fingerprint density at radius 2 is 1.00 bits per heavy atom. The molecule has 0 saturated carbocycles. The lowest BCUT2D eigenvalue weighted by Crippen LogP contribution is -1.77. The number of nitrogens with zero attached hydrogens (tertiary/aromatic N) is 4. The SMILES string of the molecule is CC(C)C.CC(C)C.c1ccc2cnncc2c1.c1ccc2ncncc2c1. The molecular weight excluding hydrogens is 344 g/mol. The molecule has 2 heterocycles. The maximum absolute atomic E-state index is 4.07. The number of aromatic nitrogens is 4. The predicted octanol–water partition coefficient (Wildman–Crippen LogP) is 6.58. The van der Waals surface area contributed by atoms with Crippen molar-refractivity contribution in [3.8, 4) is 0 Å². The highest BCUT2D eigenvalue weighted by Crippen LogP contribution is 2.08. The summed E-state index contributed by atoms with van der Waals surface area (Å²) in [5, 5.41) is 10.9. The number of para-hydroxylation sites is 1. The highest BCUT2D eigenvalue weighted by Gasteiger charge is 1.88.